The predicted octanol–water partition coefficient (Wildman–Crippen LogP) is 3.55. The highest BCUT2D eigenvalue weighted by Crippen LogP contribution is 2.41. The third kappa shape index (κ3) is 3.47. The van der Waals surface area contributed by atoms with Gasteiger partial charge < -0.3 is 14.3 Å². The van der Waals surface area contributed by atoms with E-state index in [0.717, 1.165) is 23.1 Å². The van der Waals surface area contributed by atoms with Crippen molar-refractivity contribution in [3.05, 3.63) is 53.6 Å². The van der Waals surface area contributed by atoms with E-state index in [2.05, 4.69) is 5.16 Å². The maximum absolute atomic E-state index is 13.1. The number of hydrogen-bond acceptors (Lipinski definition) is 6. The van der Waals surface area contributed by atoms with Crippen LogP contribution in [0, 0.1) is 0 Å². The van der Waals surface area contributed by atoms with E-state index in [1.807, 2.05) is 0 Å². The summed E-state index contributed by atoms with van der Waals surface area (Å²) in [5.74, 6) is -0.462. The Labute approximate surface area is 175 Å². The molecule has 31 heavy (non-hydrogen) atoms. The van der Waals surface area contributed by atoms with Crippen molar-refractivity contribution in [2.45, 2.75) is 24.6 Å². The van der Waals surface area contributed by atoms with Crippen LogP contribution in [0.15, 0.2) is 47.6 Å². The number of carbonyl (C=O) groups excluding carboxylic acids is 2. The van der Waals surface area contributed by atoms with E-state index in [-0.39, 0.29) is 18.5 Å². The van der Waals surface area contributed by atoms with Crippen molar-refractivity contribution in [3.63, 3.8) is 0 Å². The molecule has 2 heterocycles. The lowest BCUT2D eigenvalue weighted by molar-refractivity contribution is -0.138. The fourth-order valence-corrected chi connectivity index (χ4v) is 3.66. The monoisotopic (exact) mass is 434 g/mol. The molecule has 10 heteroatoms. The van der Waals surface area contributed by atoms with Gasteiger partial charge in [0.2, 0.25) is 11.5 Å². The van der Waals surface area contributed by atoms with Crippen LogP contribution in [-0.2, 0) is 20.6 Å². The number of amides is 2. The largest absolute Gasteiger partial charge is 0.493 e. The maximum atomic E-state index is 13.1. The van der Waals surface area contributed by atoms with Gasteiger partial charge in [-0.05, 0) is 36.4 Å². The molecule has 1 unspecified atom stereocenters. The minimum Gasteiger partial charge on any atom is -0.493 e. The summed E-state index contributed by atoms with van der Waals surface area (Å²) in [5.41, 5.74) is -1.69. The van der Waals surface area contributed by atoms with Crippen molar-refractivity contribution < 1.29 is 37.1 Å². The summed E-state index contributed by atoms with van der Waals surface area (Å²) in [6.07, 6.45) is -4.95. The number of anilines is 1. The lowest BCUT2D eigenvalue weighted by Crippen LogP contribution is -2.41. The second-order valence-corrected chi connectivity index (χ2v) is 7.13. The molecule has 2 aliphatic heterocycles. The summed E-state index contributed by atoms with van der Waals surface area (Å²) in [6, 6.07) is 9.08. The minimum atomic E-state index is -4.60. The molecule has 0 aromatic heterocycles. The molecule has 1 saturated heterocycles. The predicted molar refractivity (Wildman–Crippen MR) is 103 cm³/mol. The molecule has 2 amide bonds. The van der Waals surface area contributed by atoms with E-state index in [9.17, 15) is 22.8 Å². The Morgan fingerprint density at radius 2 is 1.77 bits per heavy atom. The van der Waals surface area contributed by atoms with Crippen LogP contribution >= 0.6 is 0 Å². The second-order valence-electron chi connectivity index (χ2n) is 7.13. The number of hydrogen-bond donors (Lipinski definition) is 0. The molecule has 7 nitrogen and oxygen atoms in total. The van der Waals surface area contributed by atoms with E-state index in [0.29, 0.717) is 22.8 Å². The van der Waals surface area contributed by atoms with Crippen molar-refractivity contribution >= 4 is 23.2 Å². The summed E-state index contributed by atoms with van der Waals surface area (Å²) in [6.45, 7) is 0. The lowest BCUT2D eigenvalue weighted by Gasteiger charge is -2.20. The number of methoxy groups -OCH3 is 2. The summed E-state index contributed by atoms with van der Waals surface area (Å²) in [7, 11) is 2.97. The van der Waals surface area contributed by atoms with Crippen LogP contribution in [0.1, 0.15) is 24.0 Å². The van der Waals surface area contributed by atoms with Gasteiger partial charge >= 0.3 is 6.18 Å². The first-order valence-electron chi connectivity index (χ1n) is 9.20. The molecule has 2 aliphatic rings. The first-order valence-corrected chi connectivity index (χ1v) is 9.20. The standard InChI is InChI=1S/C21H17F3N2O5/c1-29-16-7-6-12(8-17(16)30-2)15-10-20(31-25-15)11-18(27)26(19(20)28)14-5-3-4-13(9-14)21(22,23)24/h3-9H,10-11H2,1-2H3. The van der Waals surface area contributed by atoms with Gasteiger partial charge in [0.25, 0.3) is 5.91 Å². The molecular formula is C21H17F3N2O5. The molecule has 162 valence electrons. The molecule has 2 aromatic rings. The van der Waals surface area contributed by atoms with Crippen molar-refractivity contribution in [1.82, 2.24) is 0 Å². The van der Waals surface area contributed by atoms with Gasteiger partial charge in [-0.2, -0.15) is 13.2 Å². The molecule has 0 saturated carbocycles. The number of imide groups is 1. The van der Waals surface area contributed by atoms with Crippen LogP contribution in [0.5, 0.6) is 11.5 Å². The van der Waals surface area contributed by atoms with E-state index in [4.69, 9.17) is 14.3 Å². The number of ether oxygens (including phenoxy) is 2. The smallest absolute Gasteiger partial charge is 0.416 e. The van der Waals surface area contributed by atoms with Crippen LogP contribution < -0.4 is 14.4 Å². The van der Waals surface area contributed by atoms with Crippen molar-refractivity contribution in [1.29, 1.82) is 0 Å². The van der Waals surface area contributed by atoms with Gasteiger partial charge in [0, 0.05) is 12.0 Å². The van der Waals surface area contributed by atoms with Crippen LogP contribution in [0.25, 0.3) is 0 Å². The Kier molecular flexibility index (Phi) is 4.87. The zero-order valence-electron chi connectivity index (χ0n) is 16.5. The van der Waals surface area contributed by atoms with Gasteiger partial charge in [0.15, 0.2) is 11.5 Å². The summed E-state index contributed by atoms with van der Waals surface area (Å²) in [4.78, 5) is 31.8. The molecule has 2 aromatic carbocycles. The first-order chi connectivity index (χ1) is 14.7. The molecule has 0 bridgehead atoms. The third-order valence-electron chi connectivity index (χ3n) is 5.21. The average molecular weight is 434 g/mol. The van der Waals surface area contributed by atoms with E-state index >= 15 is 0 Å². The summed E-state index contributed by atoms with van der Waals surface area (Å²) in [5, 5.41) is 3.98. The lowest BCUT2D eigenvalue weighted by atomic mass is 9.92. The topological polar surface area (TPSA) is 77.4 Å². The Balaban J connectivity index is 1.60. The maximum Gasteiger partial charge on any atom is 0.416 e. The Bertz CT molecular complexity index is 1100. The normalized spacial score (nSPS) is 20.8. The molecular weight excluding hydrogens is 417 g/mol. The third-order valence-corrected chi connectivity index (χ3v) is 5.21. The molecule has 0 N–H and O–H groups in total. The van der Waals surface area contributed by atoms with Crippen LogP contribution in [-0.4, -0.2) is 37.3 Å². The van der Waals surface area contributed by atoms with E-state index < -0.39 is 29.2 Å². The van der Waals surface area contributed by atoms with Crippen LogP contribution in [0.2, 0.25) is 0 Å². The highest BCUT2D eigenvalue weighted by molar-refractivity contribution is 6.25. The van der Waals surface area contributed by atoms with Gasteiger partial charge in [-0.15, -0.1) is 0 Å². The Hall–Kier alpha value is -3.56. The molecule has 1 atom stereocenters. The molecule has 4 rings (SSSR count). The second kappa shape index (κ2) is 7.29. The highest BCUT2D eigenvalue weighted by atomic mass is 19.4. The highest BCUT2D eigenvalue weighted by Gasteiger charge is 2.58. The van der Waals surface area contributed by atoms with Gasteiger partial charge in [-0.1, -0.05) is 11.2 Å². The van der Waals surface area contributed by atoms with Gasteiger partial charge in [-0.3, -0.25) is 9.59 Å². The number of halogens is 3. The Morgan fingerprint density at radius 1 is 1.03 bits per heavy atom. The number of alkyl halides is 3. The number of oxime groups is 1. The SMILES string of the molecule is COc1ccc(C2=NOC3(CC(=O)N(c4cccc(C(F)(F)F)c4)C3=O)C2)cc1OC. The zero-order chi connectivity index (χ0) is 22.4. The van der Waals surface area contributed by atoms with Crippen molar-refractivity contribution in [2.24, 2.45) is 5.16 Å². The van der Waals surface area contributed by atoms with Gasteiger partial charge in [0.1, 0.15) is 0 Å². The van der Waals surface area contributed by atoms with E-state index in [1.165, 1.54) is 20.3 Å². The number of nitrogens with zero attached hydrogens (tertiary/aromatic N) is 2. The number of benzene rings is 2. The Morgan fingerprint density at radius 3 is 2.45 bits per heavy atom. The molecule has 1 fully saturated rings. The fraction of sp³-hybridized carbons (Fsp3) is 0.286. The summed E-state index contributed by atoms with van der Waals surface area (Å²) >= 11 is 0. The average Bonchev–Trinajstić information content (AvgIpc) is 3.28. The first kappa shape index (κ1) is 20.7. The van der Waals surface area contributed by atoms with Gasteiger partial charge in [0.05, 0.1) is 37.6 Å². The number of carbonyl (C=O) groups is 2. The number of rotatable bonds is 4. The molecule has 0 radical (unpaired) electrons. The van der Waals surface area contributed by atoms with Crippen LogP contribution in [0.3, 0.4) is 0 Å². The fourth-order valence-electron chi connectivity index (χ4n) is 3.66. The van der Waals surface area contributed by atoms with Crippen LogP contribution in [0.4, 0.5) is 18.9 Å². The quantitative estimate of drug-likeness (QED) is 0.688. The zero-order valence-corrected chi connectivity index (χ0v) is 16.5. The minimum absolute atomic E-state index is 0.0114. The molecule has 1 spiro atoms. The molecule has 0 aliphatic carbocycles. The summed E-state index contributed by atoms with van der Waals surface area (Å²) < 4.78 is 49.6. The van der Waals surface area contributed by atoms with Crippen molar-refractivity contribution in [3.8, 4) is 11.5 Å². The van der Waals surface area contributed by atoms with E-state index in [1.54, 1.807) is 18.2 Å². The van der Waals surface area contributed by atoms with Gasteiger partial charge in [-0.25, -0.2) is 4.90 Å². The van der Waals surface area contributed by atoms with Crippen molar-refractivity contribution in [2.75, 3.05) is 19.1 Å².